The van der Waals surface area contributed by atoms with Crippen LogP contribution in [0, 0.1) is 0 Å². The van der Waals surface area contributed by atoms with Crippen LogP contribution in [-0.2, 0) is 4.79 Å². The molecule has 1 aliphatic heterocycles. The monoisotopic (exact) mass is 486 g/mol. The van der Waals surface area contributed by atoms with Crippen LogP contribution >= 0.6 is 0 Å². The Morgan fingerprint density at radius 2 is 1.61 bits per heavy atom. The molecule has 2 amide bonds. The minimum absolute atomic E-state index is 0.0130. The molecule has 0 aliphatic carbocycles. The van der Waals surface area contributed by atoms with Crippen LogP contribution in [-0.4, -0.2) is 56.5 Å². The number of benzene rings is 3. The fraction of sp³-hybridized carbons (Fsp3) is 0.310. The number of carbonyl (C=O) groups excluding carboxylic acids is 2. The van der Waals surface area contributed by atoms with Crippen LogP contribution < -0.4 is 20.7 Å². The van der Waals surface area contributed by atoms with Gasteiger partial charge >= 0.3 is 0 Å². The van der Waals surface area contributed by atoms with Crippen molar-refractivity contribution in [1.29, 1.82) is 0 Å². The summed E-state index contributed by atoms with van der Waals surface area (Å²) in [4.78, 5) is 28.8. The molecular formula is C29H34N4O3. The molecule has 7 nitrogen and oxygen atoms in total. The van der Waals surface area contributed by atoms with Crippen LogP contribution in [0.3, 0.4) is 0 Å². The summed E-state index contributed by atoms with van der Waals surface area (Å²) in [5, 5.41) is 3.00. The molecule has 0 atom stereocenters. The number of anilines is 2. The highest BCUT2D eigenvalue weighted by atomic mass is 16.5. The first-order valence-corrected chi connectivity index (χ1v) is 12.4. The van der Waals surface area contributed by atoms with Crippen molar-refractivity contribution in [3.05, 3.63) is 78.4 Å². The first kappa shape index (κ1) is 25.3. The third-order valence-corrected chi connectivity index (χ3v) is 6.55. The fourth-order valence-corrected chi connectivity index (χ4v) is 4.58. The van der Waals surface area contributed by atoms with E-state index in [-0.39, 0.29) is 5.91 Å². The molecule has 1 aliphatic rings. The topological polar surface area (TPSA) is 87.9 Å². The second kappa shape index (κ2) is 12.2. The zero-order chi connectivity index (χ0) is 25.3. The van der Waals surface area contributed by atoms with Crippen LogP contribution in [0.2, 0.25) is 0 Å². The normalized spacial score (nSPS) is 13.9. The summed E-state index contributed by atoms with van der Waals surface area (Å²) >= 11 is 0. The molecule has 4 rings (SSSR count). The van der Waals surface area contributed by atoms with Gasteiger partial charge in [0.1, 0.15) is 5.75 Å². The summed E-state index contributed by atoms with van der Waals surface area (Å²) in [5.74, 6) is 0.473. The molecule has 1 heterocycles. The van der Waals surface area contributed by atoms with Crippen molar-refractivity contribution in [3.63, 3.8) is 0 Å². The highest BCUT2D eigenvalue weighted by Gasteiger charge is 2.19. The molecule has 1 fully saturated rings. The number of ether oxygens (including phenoxy) is 1. The number of amides is 2. The second-order valence-corrected chi connectivity index (χ2v) is 9.03. The third-order valence-electron chi connectivity index (χ3n) is 6.55. The van der Waals surface area contributed by atoms with Gasteiger partial charge in [-0.25, -0.2) is 0 Å². The SMILES string of the molecule is COc1ccccc1N1CCN(CCCCC(=O)Nc2cccc(-c3cccc(C(N)=O)c3)c2)CC1. The van der Waals surface area contributed by atoms with Gasteiger partial charge in [0.15, 0.2) is 0 Å². The molecule has 0 bridgehead atoms. The molecule has 0 aromatic heterocycles. The smallest absolute Gasteiger partial charge is 0.248 e. The number of nitrogens with two attached hydrogens (primary N) is 1. The van der Waals surface area contributed by atoms with Crippen molar-refractivity contribution < 1.29 is 14.3 Å². The van der Waals surface area contributed by atoms with Gasteiger partial charge in [-0.1, -0.05) is 36.4 Å². The molecule has 3 aromatic carbocycles. The Morgan fingerprint density at radius 1 is 0.889 bits per heavy atom. The quantitative estimate of drug-likeness (QED) is 0.415. The van der Waals surface area contributed by atoms with Crippen molar-refractivity contribution in [1.82, 2.24) is 4.90 Å². The molecule has 3 aromatic rings. The number of piperazine rings is 1. The number of nitrogens with one attached hydrogen (secondary N) is 1. The molecule has 0 radical (unpaired) electrons. The zero-order valence-corrected chi connectivity index (χ0v) is 20.8. The minimum atomic E-state index is -0.459. The average molecular weight is 487 g/mol. The maximum Gasteiger partial charge on any atom is 0.248 e. The van der Waals surface area contributed by atoms with Gasteiger partial charge in [-0.15, -0.1) is 0 Å². The minimum Gasteiger partial charge on any atom is -0.495 e. The zero-order valence-electron chi connectivity index (χ0n) is 20.8. The Kier molecular flexibility index (Phi) is 8.57. The number of primary amides is 1. The summed E-state index contributed by atoms with van der Waals surface area (Å²) in [7, 11) is 1.71. The molecule has 0 spiro atoms. The van der Waals surface area contributed by atoms with Crippen LogP contribution in [0.4, 0.5) is 11.4 Å². The van der Waals surface area contributed by atoms with Crippen molar-refractivity contribution in [2.75, 3.05) is 50.1 Å². The Bertz CT molecular complexity index is 1190. The van der Waals surface area contributed by atoms with E-state index in [0.29, 0.717) is 12.0 Å². The van der Waals surface area contributed by atoms with E-state index in [1.165, 1.54) is 0 Å². The van der Waals surface area contributed by atoms with E-state index >= 15 is 0 Å². The molecule has 0 saturated carbocycles. The summed E-state index contributed by atoms with van der Waals surface area (Å²) in [6.45, 7) is 4.96. The van der Waals surface area contributed by atoms with Gasteiger partial charge in [0.25, 0.3) is 0 Å². The number of unbranched alkanes of at least 4 members (excludes halogenated alkanes) is 1. The lowest BCUT2D eigenvalue weighted by Gasteiger charge is -2.36. The van der Waals surface area contributed by atoms with Crippen molar-refractivity contribution in [2.24, 2.45) is 5.73 Å². The van der Waals surface area contributed by atoms with Gasteiger partial charge in [-0.3, -0.25) is 14.5 Å². The first-order chi connectivity index (χ1) is 17.5. The van der Waals surface area contributed by atoms with E-state index < -0.39 is 5.91 Å². The van der Waals surface area contributed by atoms with Crippen LogP contribution in [0.5, 0.6) is 5.75 Å². The third kappa shape index (κ3) is 6.64. The number of para-hydroxylation sites is 2. The van der Waals surface area contributed by atoms with Gasteiger partial charge in [-0.05, 0) is 66.9 Å². The van der Waals surface area contributed by atoms with E-state index in [0.717, 1.165) is 73.8 Å². The van der Waals surface area contributed by atoms with Crippen LogP contribution in [0.1, 0.15) is 29.6 Å². The van der Waals surface area contributed by atoms with Gasteiger partial charge < -0.3 is 20.7 Å². The van der Waals surface area contributed by atoms with Gasteiger partial charge in [0.05, 0.1) is 12.8 Å². The summed E-state index contributed by atoms with van der Waals surface area (Å²) in [6, 6.07) is 23.0. The van der Waals surface area contributed by atoms with Crippen LogP contribution in [0.15, 0.2) is 72.8 Å². The predicted molar refractivity (Wildman–Crippen MR) is 145 cm³/mol. The number of nitrogens with zero attached hydrogens (tertiary/aromatic N) is 2. The summed E-state index contributed by atoms with van der Waals surface area (Å²) in [6.07, 6.45) is 2.32. The maximum absolute atomic E-state index is 12.5. The highest BCUT2D eigenvalue weighted by molar-refractivity contribution is 5.94. The number of carbonyl (C=O) groups is 2. The largest absolute Gasteiger partial charge is 0.495 e. The fourth-order valence-electron chi connectivity index (χ4n) is 4.58. The van der Waals surface area contributed by atoms with E-state index in [4.69, 9.17) is 10.5 Å². The molecule has 188 valence electrons. The lowest BCUT2D eigenvalue weighted by Crippen LogP contribution is -2.46. The van der Waals surface area contributed by atoms with E-state index in [9.17, 15) is 9.59 Å². The highest BCUT2D eigenvalue weighted by Crippen LogP contribution is 2.28. The average Bonchev–Trinajstić information content (AvgIpc) is 2.91. The van der Waals surface area contributed by atoms with E-state index in [1.54, 1.807) is 25.3 Å². The molecule has 1 saturated heterocycles. The Hall–Kier alpha value is -3.84. The predicted octanol–water partition coefficient (Wildman–Crippen LogP) is 4.39. The first-order valence-electron chi connectivity index (χ1n) is 12.4. The molecule has 3 N–H and O–H groups in total. The van der Waals surface area contributed by atoms with Crippen LogP contribution in [0.25, 0.3) is 11.1 Å². The van der Waals surface area contributed by atoms with Gasteiger partial charge in [0, 0.05) is 43.9 Å². The standard InChI is InChI=1S/C29H34N4O3/c1-36-27-13-3-2-12-26(27)33-18-16-32(17-19-33)15-5-4-14-28(34)31-25-11-7-9-23(21-25)22-8-6-10-24(20-22)29(30)35/h2-3,6-13,20-21H,4-5,14-19H2,1H3,(H2,30,35)(H,31,34). The van der Waals surface area contributed by atoms with Crippen molar-refractivity contribution in [2.45, 2.75) is 19.3 Å². The molecule has 7 heteroatoms. The summed E-state index contributed by atoms with van der Waals surface area (Å²) in [5.41, 5.74) is 9.56. The second-order valence-electron chi connectivity index (χ2n) is 9.03. The number of hydrogen-bond donors (Lipinski definition) is 2. The molecular weight excluding hydrogens is 452 g/mol. The number of hydrogen-bond acceptors (Lipinski definition) is 5. The maximum atomic E-state index is 12.5. The Labute approximate surface area is 212 Å². The van der Waals surface area contributed by atoms with E-state index in [2.05, 4.69) is 21.2 Å². The van der Waals surface area contributed by atoms with Crippen molar-refractivity contribution >= 4 is 23.2 Å². The lowest BCUT2D eigenvalue weighted by molar-refractivity contribution is -0.116. The van der Waals surface area contributed by atoms with Gasteiger partial charge in [0.2, 0.25) is 11.8 Å². The van der Waals surface area contributed by atoms with Crippen molar-refractivity contribution in [3.8, 4) is 16.9 Å². The van der Waals surface area contributed by atoms with Gasteiger partial charge in [-0.2, -0.15) is 0 Å². The summed E-state index contributed by atoms with van der Waals surface area (Å²) < 4.78 is 5.50. The molecule has 0 unspecified atom stereocenters. The Morgan fingerprint density at radius 3 is 2.36 bits per heavy atom. The van der Waals surface area contributed by atoms with E-state index in [1.807, 2.05) is 48.5 Å². The molecule has 36 heavy (non-hydrogen) atoms. The number of methoxy groups -OCH3 is 1. The Balaban J connectivity index is 1.19. The number of rotatable bonds is 10. The lowest BCUT2D eigenvalue weighted by atomic mass is 10.0.